The van der Waals surface area contributed by atoms with E-state index >= 15 is 0 Å². The lowest BCUT2D eigenvalue weighted by Gasteiger charge is -2.08. The van der Waals surface area contributed by atoms with Crippen LogP contribution in [0.15, 0.2) is 71.4 Å². The van der Waals surface area contributed by atoms with Gasteiger partial charge in [0.25, 0.3) is 5.89 Å². The van der Waals surface area contributed by atoms with Crippen molar-refractivity contribution >= 4 is 29.2 Å². The Kier molecular flexibility index (Phi) is 5.81. The second-order valence-corrected chi connectivity index (χ2v) is 7.01. The molecule has 0 fully saturated rings. The van der Waals surface area contributed by atoms with Gasteiger partial charge < -0.3 is 19.1 Å². The van der Waals surface area contributed by atoms with E-state index in [9.17, 15) is 9.59 Å². The summed E-state index contributed by atoms with van der Waals surface area (Å²) in [7, 11) is 1.31. The largest absolute Gasteiger partial charge is 0.465 e. The van der Waals surface area contributed by atoms with Crippen molar-refractivity contribution in [3.63, 3.8) is 0 Å². The number of rotatable bonds is 6. The van der Waals surface area contributed by atoms with Crippen molar-refractivity contribution in [2.75, 3.05) is 12.4 Å². The van der Waals surface area contributed by atoms with Crippen LogP contribution in [0.1, 0.15) is 10.4 Å². The van der Waals surface area contributed by atoms with Crippen molar-refractivity contribution in [1.29, 1.82) is 0 Å². The van der Waals surface area contributed by atoms with Gasteiger partial charge in [-0.3, -0.25) is 4.79 Å². The first-order valence-corrected chi connectivity index (χ1v) is 9.64. The maximum atomic E-state index is 12.5. The number of ether oxygens (including phenoxy) is 1. The molecule has 0 aliphatic carbocycles. The third kappa shape index (κ3) is 4.65. The summed E-state index contributed by atoms with van der Waals surface area (Å²) in [6.45, 7) is 0.0377. The third-order valence-electron chi connectivity index (χ3n) is 4.46. The Balaban J connectivity index is 1.46. The predicted octanol–water partition coefficient (Wildman–Crippen LogP) is 4.28. The van der Waals surface area contributed by atoms with E-state index < -0.39 is 5.97 Å². The van der Waals surface area contributed by atoms with Crippen LogP contribution >= 0.6 is 11.6 Å². The number of hydrogen-bond acceptors (Lipinski definition) is 6. The molecule has 0 saturated carbocycles. The number of carbonyl (C=O) groups is 2. The zero-order valence-corrected chi connectivity index (χ0v) is 17.2. The predicted molar refractivity (Wildman–Crippen MR) is 115 cm³/mol. The van der Waals surface area contributed by atoms with Gasteiger partial charge in [0, 0.05) is 22.5 Å². The summed E-state index contributed by atoms with van der Waals surface area (Å²) >= 11 is 6.02. The smallest absolute Gasteiger partial charge is 0.337 e. The summed E-state index contributed by atoms with van der Waals surface area (Å²) in [5.74, 6) is 0.0000109. The normalized spacial score (nSPS) is 10.6. The zero-order chi connectivity index (χ0) is 21.8. The van der Waals surface area contributed by atoms with Gasteiger partial charge in [-0.15, -0.1) is 0 Å². The van der Waals surface area contributed by atoms with Gasteiger partial charge in [0.1, 0.15) is 12.2 Å². The molecule has 2 aromatic heterocycles. The number of benzene rings is 2. The Morgan fingerprint density at radius 1 is 1.13 bits per heavy atom. The maximum absolute atomic E-state index is 12.5. The quantitative estimate of drug-likeness (QED) is 0.453. The summed E-state index contributed by atoms with van der Waals surface area (Å²) in [4.78, 5) is 28.4. The zero-order valence-electron chi connectivity index (χ0n) is 16.4. The molecule has 2 heterocycles. The van der Waals surface area contributed by atoms with Crippen LogP contribution in [-0.4, -0.2) is 33.7 Å². The van der Waals surface area contributed by atoms with Crippen molar-refractivity contribution in [2.24, 2.45) is 0 Å². The molecule has 31 heavy (non-hydrogen) atoms. The number of hydrogen-bond donors (Lipinski definition) is 1. The lowest BCUT2D eigenvalue weighted by atomic mass is 10.2. The molecule has 4 aromatic rings. The fraction of sp³-hybridized carbons (Fsp3) is 0.0909. The van der Waals surface area contributed by atoms with Crippen LogP contribution in [0.5, 0.6) is 0 Å². The molecule has 1 N–H and O–H groups in total. The standard InChI is InChI=1S/C22H17ClN4O4/c1-30-22(29)14-7-9-17(10-8-14)24-19(28)13-27-11-3-6-18(27)21-25-20(26-31-21)15-4-2-5-16(23)12-15/h2-12H,13H2,1H3,(H,24,28). The molecule has 1 amide bonds. The number of carbonyl (C=O) groups excluding carboxylic acids is 2. The summed E-state index contributed by atoms with van der Waals surface area (Å²) < 4.78 is 11.8. The summed E-state index contributed by atoms with van der Waals surface area (Å²) in [5.41, 5.74) is 2.30. The molecular formula is C22H17ClN4O4. The van der Waals surface area contributed by atoms with E-state index in [1.807, 2.05) is 6.07 Å². The number of nitrogens with zero attached hydrogens (tertiary/aromatic N) is 3. The Labute approximate surface area is 182 Å². The first kappa shape index (κ1) is 20.4. The number of methoxy groups -OCH3 is 1. The average Bonchev–Trinajstić information content (AvgIpc) is 3.43. The fourth-order valence-corrected chi connectivity index (χ4v) is 3.17. The lowest BCUT2D eigenvalue weighted by molar-refractivity contribution is -0.116. The van der Waals surface area contributed by atoms with E-state index in [-0.39, 0.29) is 18.3 Å². The molecule has 0 aliphatic heterocycles. The third-order valence-corrected chi connectivity index (χ3v) is 4.70. The molecule has 0 aliphatic rings. The van der Waals surface area contributed by atoms with Crippen LogP contribution in [0.2, 0.25) is 5.02 Å². The summed E-state index contributed by atoms with van der Waals surface area (Å²) in [6.07, 6.45) is 1.75. The van der Waals surface area contributed by atoms with E-state index in [2.05, 4.69) is 20.2 Å². The molecule has 0 bridgehead atoms. The minimum absolute atomic E-state index is 0.0377. The van der Waals surface area contributed by atoms with Gasteiger partial charge in [-0.05, 0) is 48.5 Å². The highest BCUT2D eigenvalue weighted by molar-refractivity contribution is 6.30. The van der Waals surface area contributed by atoms with Crippen molar-refractivity contribution in [3.05, 3.63) is 77.4 Å². The minimum Gasteiger partial charge on any atom is -0.465 e. The molecule has 0 unspecified atom stereocenters. The van der Waals surface area contributed by atoms with E-state index in [4.69, 9.17) is 16.1 Å². The number of aromatic nitrogens is 3. The number of halogens is 1. The Morgan fingerprint density at radius 2 is 1.94 bits per heavy atom. The van der Waals surface area contributed by atoms with Crippen molar-refractivity contribution in [1.82, 2.24) is 14.7 Å². The van der Waals surface area contributed by atoms with Gasteiger partial charge in [0.2, 0.25) is 11.7 Å². The van der Waals surface area contributed by atoms with Gasteiger partial charge in [-0.1, -0.05) is 28.9 Å². The first-order valence-electron chi connectivity index (χ1n) is 9.27. The van der Waals surface area contributed by atoms with E-state index in [1.165, 1.54) is 7.11 Å². The van der Waals surface area contributed by atoms with Gasteiger partial charge in [0.05, 0.1) is 12.7 Å². The molecule has 8 nitrogen and oxygen atoms in total. The van der Waals surface area contributed by atoms with E-state index in [0.29, 0.717) is 27.8 Å². The second-order valence-electron chi connectivity index (χ2n) is 6.57. The molecule has 0 saturated heterocycles. The molecular weight excluding hydrogens is 420 g/mol. The lowest BCUT2D eigenvalue weighted by Crippen LogP contribution is -2.18. The molecule has 156 valence electrons. The summed E-state index contributed by atoms with van der Waals surface area (Å²) in [6, 6.07) is 17.2. The Hall–Kier alpha value is -3.91. The SMILES string of the molecule is COC(=O)c1ccc(NC(=O)Cn2cccc2-c2nc(-c3cccc(Cl)c3)no2)cc1. The monoisotopic (exact) mass is 436 g/mol. The highest BCUT2D eigenvalue weighted by Crippen LogP contribution is 2.24. The minimum atomic E-state index is -0.438. The number of amides is 1. The van der Waals surface area contributed by atoms with Crippen LogP contribution in [0.3, 0.4) is 0 Å². The van der Waals surface area contributed by atoms with E-state index in [0.717, 1.165) is 5.56 Å². The summed E-state index contributed by atoms with van der Waals surface area (Å²) in [5, 5.41) is 7.36. The maximum Gasteiger partial charge on any atom is 0.337 e. The fourth-order valence-electron chi connectivity index (χ4n) is 2.98. The molecule has 9 heteroatoms. The topological polar surface area (TPSA) is 99.2 Å². The van der Waals surface area contributed by atoms with Crippen molar-refractivity contribution < 1.29 is 18.8 Å². The van der Waals surface area contributed by atoms with Crippen LogP contribution in [-0.2, 0) is 16.1 Å². The second kappa shape index (κ2) is 8.85. The molecule has 4 rings (SSSR count). The van der Waals surface area contributed by atoms with Crippen molar-refractivity contribution in [2.45, 2.75) is 6.54 Å². The van der Waals surface area contributed by atoms with Crippen molar-refractivity contribution in [3.8, 4) is 23.0 Å². The molecule has 0 atom stereocenters. The Bertz CT molecular complexity index is 1230. The van der Waals surface area contributed by atoms with Gasteiger partial charge in [0.15, 0.2) is 0 Å². The molecule has 0 spiro atoms. The highest BCUT2D eigenvalue weighted by atomic mass is 35.5. The van der Waals surface area contributed by atoms with Gasteiger partial charge >= 0.3 is 5.97 Å². The Morgan fingerprint density at radius 3 is 2.68 bits per heavy atom. The van der Waals surface area contributed by atoms with Gasteiger partial charge in [-0.2, -0.15) is 4.98 Å². The average molecular weight is 437 g/mol. The number of nitrogens with one attached hydrogen (secondary N) is 1. The van der Waals surface area contributed by atoms with Crippen LogP contribution in [0, 0.1) is 0 Å². The molecule has 2 aromatic carbocycles. The van der Waals surface area contributed by atoms with Gasteiger partial charge in [-0.25, -0.2) is 4.79 Å². The highest BCUT2D eigenvalue weighted by Gasteiger charge is 2.16. The van der Waals surface area contributed by atoms with Crippen LogP contribution in [0.4, 0.5) is 5.69 Å². The first-order chi connectivity index (χ1) is 15.0. The molecule has 0 radical (unpaired) electrons. The van der Waals surface area contributed by atoms with Crippen LogP contribution < -0.4 is 5.32 Å². The number of anilines is 1. The van der Waals surface area contributed by atoms with Crippen LogP contribution in [0.25, 0.3) is 23.0 Å². The van der Waals surface area contributed by atoms with E-state index in [1.54, 1.807) is 65.4 Å². The number of esters is 1.